The van der Waals surface area contributed by atoms with Crippen LogP contribution in [0.15, 0.2) is 29.3 Å². The summed E-state index contributed by atoms with van der Waals surface area (Å²) in [5.74, 6) is 0.588. The zero-order valence-electron chi connectivity index (χ0n) is 9.80. The van der Waals surface area contributed by atoms with Crippen LogP contribution in [0.25, 0.3) is 0 Å². The molecule has 0 fully saturated rings. The number of nitrogens with zero attached hydrogens (tertiary/aromatic N) is 2. The van der Waals surface area contributed by atoms with Gasteiger partial charge in [-0.25, -0.2) is 4.99 Å². The Kier molecular flexibility index (Phi) is 9.81. The third kappa shape index (κ3) is 6.98. The number of amidine groups is 1. The molecular weight excluding hydrogens is 334 g/mol. The molecule has 0 saturated heterocycles. The van der Waals surface area contributed by atoms with Crippen LogP contribution in [0.5, 0.6) is 0 Å². The molecule has 1 aromatic rings. The highest BCUT2D eigenvalue weighted by Crippen LogP contribution is 2.13. The van der Waals surface area contributed by atoms with Gasteiger partial charge in [0.1, 0.15) is 0 Å². The average Bonchev–Trinajstić information content (AvgIpc) is 2.06. The van der Waals surface area contributed by atoms with E-state index in [4.69, 9.17) is 5.73 Å². The summed E-state index contributed by atoms with van der Waals surface area (Å²) < 4.78 is 0. The SMILES string of the molecule is Br.Br.CC(N)=Nc1ccc(CN(C)C)cc1. The van der Waals surface area contributed by atoms with Crippen LogP contribution in [-0.2, 0) is 6.54 Å². The van der Waals surface area contributed by atoms with E-state index in [1.807, 2.05) is 12.1 Å². The van der Waals surface area contributed by atoms with Crippen LogP contribution in [-0.4, -0.2) is 24.8 Å². The average molecular weight is 353 g/mol. The van der Waals surface area contributed by atoms with Crippen molar-refractivity contribution in [1.82, 2.24) is 4.90 Å². The van der Waals surface area contributed by atoms with Crippen molar-refractivity contribution in [2.75, 3.05) is 14.1 Å². The lowest BCUT2D eigenvalue weighted by Crippen LogP contribution is -2.10. The van der Waals surface area contributed by atoms with Crippen molar-refractivity contribution in [3.05, 3.63) is 29.8 Å². The Hall–Kier alpha value is -0.390. The van der Waals surface area contributed by atoms with Crippen molar-refractivity contribution in [3.63, 3.8) is 0 Å². The summed E-state index contributed by atoms with van der Waals surface area (Å²) in [6.07, 6.45) is 0. The van der Waals surface area contributed by atoms with E-state index in [0.29, 0.717) is 5.84 Å². The largest absolute Gasteiger partial charge is 0.387 e. The van der Waals surface area contributed by atoms with Crippen molar-refractivity contribution in [2.24, 2.45) is 10.7 Å². The fourth-order valence-electron chi connectivity index (χ4n) is 1.24. The van der Waals surface area contributed by atoms with Crippen molar-refractivity contribution in [1.29, 1.82) is 0 Å². The Morgan fingerprint density at radius 3 is 2.06 bits per heavy atom. The van der Waals surface area contributed by atoms with E-state index in [1.54, 1.807) is 6.92 Å². The zero-order chi connectivity index (χ0) is 10.6. The van der Waals surface area contributed by atoms with E-state index in [1.165, 1.54) is 5.56 Å². The molecule has 5 heteroatoms. The zero-order valence-corrected chi connectivity index (χ0v) is 13.2. The maximum atomic E-state index is 5.48. The van der Waals surface area contributed by atoms with Crippen LogP contribution in [0.1, 0.15) is 12.5 Å². The highest BCUT2D eigenvalue weighted by molar-refractivity contribution is 8.93. The molecule has 0 atom stereocenters. The van der Waals surface area contributed by atoms with Gasteiger partial charge in [-0.3, -0.25) is 0 Å². The molecule has 92 valence electrons. The molecule has 1 rings (SSSR count). The van der Waals surface area contributed by atoms with Crippen LogP contribution in [0.2, 0.25) is 0 Å². The highest BCUT2D eigenvalue weighted by atomic mass is 79.9. The summed E-state index contributed by atoms with van der Waals surface area (Å²) in [5.41, 5.74) is 7.68. The van der Waals surface area contributed by atoms with Gasteiger partial charge in [0.2, 0.25) is 0 Å². The molecule has 0 aliphatic heterocycles. The number of aliphatic imine (C=N–C) groups is 1. The van der Waals surface area contributed by atoms with Crippen molar-refractivity contribution in [3.8, 4) is 0 Å². The van der Waals surface area contributed by atoms with Crippen LogP contribution in [0, 0.1) is 0 Å². The minimum atomic E-state index is 0. The highest BCUT2D eigenvalue weighted by Gasteiger charge is 1.95. The molecule has 16 heavy (non-hydrogen) atoms. The molecule has 0 unspecified atom stereocenters. The first kappa shape index (κ1) is 18.0. The summed E-state index contributed by atoms with van der Waals surface area (Å²) in [6.45, 7) is 2.74. The van der Waals surface area contributed by atoms with Crippen LogP contribution >= 0.6 is 34.0 Å². The molecule has 0 spiro atoms. The molecule has 0 aliphatic rings. The van der Waals surface area contributed by atoms with Gasteiger partial charge in [0.15, 0.2) is 0 Å². The molecular formula is C11H19Br2N3. The first-order valence-corrected chi connectivity index (χ1v) is 4.62. The minimum absolute atomic E-state index is 0. The quantitative estimate of drug-likeness (QED) is 0.671. The van der Waals surface area contributed by atoms with E-state index in [9.17, 15) is 0 Å². The molecule has 3 nitrogen and oxygen atoms in total. The lowest BCUT2D eigenvalue weighted by atomic mass is 10.2. The Labute approximate surface area is 118 Å². The molecule has 0 saturated carbocycles. The topological polar surface area (TPSA) is 41.6 Å². The second kappa shape index (κ2) is 8.73. The predicted octanol–water partition coefficient (Wildman–Crippen LogP) is 2.91. The molecule has 0 amide bonds. The van der Waals surface area contributed by atoms with E-state index < -0.39 is 0 Å². The minimum Gasteiger partial charge on any atom is -0.387 e. The number of nitrogens with two attached hydrogens (primary N) is 1. The summed E-state index contributed by atoms with van der Waals surface area (Å²) in [6, 6.07) is 8.11. The van der Waals surface area contributed by atoms with E-state index >= 15 is 0 Å². The Morgan fingerprint density at radius 2 is 1.69 bits per heavy atom. The maximum absolute atomic E-state index is 5.48. The third-order valence-corrected chi connectivity index (χ3v) is 1.74. The van der Waals surface area contributed by atoms with Gasteiger partial charge in [-0.1, -0.05) is 12.1 Å². The normalized spacial score (nSPS) is 10.6. The first-order valence-electron chi connectivity index (χ1n) is 4.62. The summed E-state index contributed by atoms with van der Waals surface area (Å²) in [5, 5.41) is 0. The van der Waals surface area contributed by atoms with Crippen LogP contribution < -0.4 is 5.73 Å². The lowest BCUT2D eigenvalue weighted by Gasteiger charge is -2.09. The van der Waals surface area contributed by atoms with Crippen LogP contribution in [0.4, 0.5) is 5.69 Å². The number of halogens is 2. The fourth-order valence-corrected chi connectivity index (χ4v) is 1.24. The number of benzene rings is 1. The number of rotatable bonds is 3. The van der Waals surface area contributed by atoms with E-state index in [0.717, 1.165) is 12.2 Å². The van der Waals surface area contributed by atoms with Gasteiger partial charge in [-0.2, -0.15) is 0 Å². The van der Waals surface area contributed by atoms with Crippen molar-refractivity contribution >= 4 is 45.5 Å². The third-order valence-electron chi connectivity index (χ3n) is 1.74. The molecule has 0 bridgehead atoms. The Bertz CT molecular complexity index is 317. The molecule has 0 aliphatic carbocycles. The standard InChI is InChI=1S/C11H17N3.2BrH/c1-9(12)13-11-6-4-10(5-7-11)8-14(2)3;;/h4-7H,8H2,1-3H3,(H2,12,13);2*1H. The van der Waals surface area contributed by atoms with Crippen molar-refractivity contribution < 1.29 is 0 Å². The summed E-state index contributed by atoms with van der Waals surface area (Å²) >= 11 is 0. The number of hydrogen-bond donors (Lipinski definition) is 1. The molecule has 1 aromatic carbocycles. The Balaban J connectivity index is 0. The summed E-state index contributed by atoms with van der Waals surface area (Å²) in [7, 11) is 4.10. The predicted molar refractivity (Wildman–Crippen MR) is 81.4 cm³/mol. The smallest absolute Gasteiger partial charge is 0.0964 e. The van der Waals surface area contributed by atoms with Crippen molar-refractivity contribution in [2.45, 2.75) is 13.5 Å². The summed E-state index contributed by atoms with van der Waals surface area (Å²) in [4.78, 5) is 6.29. The Morgan fingerprint density at radius 1 is 1.19 bits per heavy atom. The first-order chi connectivity index (χ1) is 6.58. The molecule has 0 radical (unpaired) electrons. The van der Waals surface area contributed by atoms with Gasteiger partial charge >= 0.3 is 0 Å². The molecule has 2 N–H and O–H groups in total. The van der Waals surface area contributed by atoms with Gasteiger partial charge in [0, 0.05) is 6.54 Å². The van der Waals surface area contributed by atoms with Gasteiger partial charge in [0.25, 0.3) is 0 Å². The van der Waals surface area contributed by atoms with Gasteiger partial charge in [-0.15, -0.1) is 34.0 Å². The molecule has 0 aromatic heterocycles. The second-order valence-corrected chi connectivity index (χ2v) is 3.66. The monoisotopic (exact) mass is 351 g/mol. The van der Waals surface area contributed by atoms with Gasteiger partial charge in [0.05, 0.1) is 11.5 Å². The van der Waals surface area contributed by atoms with E-state index in [2.05, 4.69) is 36.1 Å². The fraction of sp³-hybridized carbons (Fsp3) is 0.364. The van der Waals surface area contributed by atoms with Gasteiger partial charge < -0.3 is 10.6 Å². The maximum Gasteiger partial charge on any atom is 0.0964 e. The van der Waals surface area contributed by atoms with Gasteiger partial charge in [-0.05, 0) is 38.7 Å². The second-order valence-electron chi connectivity index (χ2n) is 3.66. The van der Waals surface area contributed by atoms with E-state index in [-0.39, 0.29) is 34.0 Å². The number of hydrogen-bond acceptors (Lipinski definition) is 2. The van der Waals surface area contributed by atoms with Crippen LogP contribution in [0.3, 0.4) is 0 Å². The lowest BCUT2D eigenvalue weighted by molar-refractivity contribution is 0.402. The molecule has 0 heterocycles.